The van der Waals surface area contributed by atoms with Gasteiger partial charge < -0.3 is 27.4 Å². The first-order chi connectivity index (χ1) is 13.1. The van der Waals surface area contributed by atoms with Crippen LogP contribution >= 0.6 is 0 Å². The highest BCUT2D eigenvalue weighted by Gasteiger charge is 2.44. The Labute approximate surface area is 180 Å². The molecule has 2 N–H and O–H groups in total. The normalized spacial score (nSPS) is 15.1. The first kappa shape index (κ1) is 26.3. The van der Waals surface area contributed by atoms with Gasteiger partial charge in [0, 0.05) is 6.54 Å². The van der Waals surface area contributed by atoms with E-state index in [0.717, 1.165) is 18.2 Å². The molecule has 1 atom stereocenters. The topological polar surface area (TPSA) is 82.0 Å². The van der Waals surface area contributed by atoms with Gasteiger partial charge >= 0.3 is 23.2 Å². The monoisotopic (exact) mass is 476 g/mol. The second kappa shape index (κ2) is 10.6. The van der Waals surface area contributed by atoms with Crippen LogP contribution in [-0.2, 0) is 18.9 Å². The summed E-state index contributed by atoms with van der Waals surface area (Å²) in [5, 5.41) is 5.69. The number of hydrogen-bond donors (Lipinski definition) is 2. The first-order valence-corrected chi connectivity index (χ1v) is 22.4. The van der Waals surface area contributed by atoms with Crippen molar-refractivity contribution in [2.75, 3.05) is 6.54 Å². The SMILES string of the molecule is C[Si](C)(C)O[Si](C)(C)O[Si@](C)(CCCNC(=O)NCc1ccco1)O[Si](C)(C)C. The summed E-state index contributed by atoms with van der Waals surface area (Å²) in [6.07, 6.45) is 2.40. The highest BCUT2D eigenvalue weighted by atomic mass is 28.5. The highest BCUT2D eigenvalue weighted by Crippen LogP contribution is 2.27. The van der Waals surface area contributed by atoms with Gasteiger partial charge in [-0.3, -0.25) is 0 Å². The number of carbonyl (C=O) groups excluding carboxylic acids is 1. The number of amides is 2. The molecule has 0 aliphatic carbocycles. The number of nitrogens with one attached hydrogen (secondary N) is 2. The highest BCUT2D eigenvalue weighted by molar-refractivity contribution is 6.89. The molecule has 0 aliphatic heterocycles. The number of rotatable bonds is 12. The average Bonchev–Trinajstić information content (AvgIpc) is 2.97. The van der Waals surface area contributed by atoms with Crippen molar-refractivity contribution in [1.82, 2.24) is 10.6 Å². The second-order valence-corrected chi connectivity index (χ2v) is 26.3. The zero-order valence-corrected chi connectivity index (χ0v) is 23.6. The summed E-state index contributed by atoms with van der Waals surface area (Å²) in [4.78, 5) is 12.0. The third kappa shape index (κ3) is 12.6. The standard InChI is InChI=1S/C18H40N2O5Si4/c1-26(2,3)23-28(7,8)25-29(9,24-27(4,5)6)15-11-13-19-18(21)20-16-17-12-10-14-22-17/h10,12,14H,11,13,15-16H2,1-9H3,(H2,19,20,21)/t29-/m1/s1. The maximum atomic E-state index is 12.0. The first-order valence-electron chi connectivity index (χ1n) is 10.2. The molecule has 0 spiro atoms. The Morgan fingerprint density at radius 2 is 1.55 bits per heavy atom. The van der Waals surface area contributed by atoms with E-state index in [9.17, 15) is 4.79 Å². The molecule has 0 radical (unpaired) electrons. The van der Waals surface area contributed by atoms with Crippen molar-refractivity contribution in [3.05, 3.63) is 24.2 Å². The molecule has 1 heterocycles. The van der Waals surface area contributed by atoms with Crippen molar-refractivity contribution < 1.29 is 21.6 Å². The van der Waals surface area contributed by atoms with Crippen LogP contribution in [0.25, 0.3) is 0 Å². The van der Waals surface area contributed by atoms with Gasteiger partial charge in [-0.15, -0.1) is 0 Å². The fourth-order valence-corrected chi connectivity index (χ4v) is 21.3. The van der Waals surface area contributed by atoms with E-state index in [1.807, 2.05) is 6.07 Å². The molecule has 0 saturated heterocycles. The van der Waals surface area contributed by atoms with Crippen LogP contribution in [0.1, 0.15) is 12.2 Å². The summed E-state index contributed by atoms with van der Waals surface area (Å²) in [6.45, 7) is 20.5. The zero-order valence-electron chi connectivity index (χ0n) is 19.6. The van der Waals surface area contributed by atoms with Crippen molar-refractivity contribution in [3.63, 3.8) is 0 Å². The molecule has 1 rings (SSSR count). The van der Waals surface area contributed by atoms with E-state index >= 15 is 0 Å². The summed E-state index contributed by atoms with van der Waals surface area (Å²) in [5.41, 5.74) is 0. The van der Waals surface area contributed by atoms with Crippen LogP contribution in [0.15, 0.2) is 22.8 Å². The molecular weight excluding hydrogens is 437 g/mol. The van der Waals surface area contributed by atoms with Crippen LogP contribution < -0.4 is 10.6 Å². The van der Waals surface area contributed by atoms with E-state index in [-0.39, 0.29) is 6.03 Å². The Kier molecular flexibility index (Phi) is 9.58. The molecule has 0 bridgehead atoms. The van der Waals surface area contributed by atoms with Gasteiger partial charge in [0.05, 0.1) is 12.8 Å². The average molecular weight is 477 g/mol. The maximum absolute atomic E-state index is 12.0. The molecule has 1 aromatic rings. The van der Waals surface area contributed by atoms with Crippen LogP contribution in [-0.4, -0.2) is 46.3 Å². The third-order valence-corrected chi connectivity index (χ3v) is 17.2. The molecule has 29 heavy (non-hydrogen) atoms. The van der Waals surface area contributed by atoms with Crippen molar-refractivity contribution in [2.24, 2.45) is 0 Å². The molecule has 0 aliphatic rings. The van der Waals surface area contributed by atoms with E-state index in [4.69, 9.17) is 16.8 Å². The largest absolute Gasteiger partial charge is 0.467 e. The summed E-state index contributed by atoms with van der Waals surface area (Å²) in [7, 11) is -8.18. The van der Waals surface area contributed by atoms with Gasteiger partial charge in [-0.25, -0.2) is 4.79 Å². The van der Waals surface area contributed by atoms with E-state index in [1.54, 1.807) is 12.3 Å². The van der Waals surface area contributed by atoms with E-state index in [2.05, 4.69) is 69.6 Å². The summed E-state index contributed by atoms with van der Waals surface area (Å²) in [6, 6.07) is 4.25. The van der Waals surface area contributed by atoms with Crippen LogP contribution in [0.2, 0.25) is 65.0 Å². The smallest absolute Gasteiger partial charge is 0.315 e. The Hall–Kier alpha value is -0.702. The fourth-order valence-electron chi connectivity index (χ4n) is 3.30. The van der Waals surface area contributed by atoms with Gasteiger partial charge in [0.1, 0.15) is 5.76 Å². The van der Waals surface area contributed by atoms with Crippen molar-refractivity contribution in [2.45, 2.75) is 77.9 Å². The minimum absolute atomic E-state index is 0.200. The van der Waals surface area contributed by atoms with Crippen molar-refractivity contribution in [3.8, 4) is 0 Å². The molecule has 2 amide bonds. The lowest BCUT2D eigenvalue weighted by Crippen LogP contribution is -2.57. The molecular formula is C18H40N2O5Si4. The van der Waals surface area contributed by atoms with Crippen LogP contribution in [0.4, 0.5) is 4.79 Å². The predicted octanol–water partition coefficient (Wildman–Crippen LogP) is 4.96. The van der Waals surface area contributed by atoms with Crippen molar-refractivity contribution >= 4 is 39.8 Å². The quantitative estimate of drug-likeness (QED) is 0.329. The zero-order chi connectivity index (χ0) is 22.3. The van der Waals surface area contributed by atoms with Gasteiger partial charge in [0.15, 0.2) is 16.6 Å². The Morgan fingerprint density at radius 3 is 2.07 bits per heavy atom. The van der Waals surface area contributed by atoms with E-state index in [0.29, 0.717) is 13.1 Å². The van der Waals surface area contributed by atoms with Gasteiger partial charge in [-0.2, -0.15) is 0 Å². The van der Waals surface area contributed by atoms with Gasteiger partial charge in [0.25, 0.3) is 0 Å². The summed E-state index contributed by atoms with van der Waals surface area (Å²) in [5.74, 6) is 0.728. The van der Waals surface area contributed by atoms with Gasteiger partial charge in [-0.1, -0.05) is 0 Å². The van der Waals surface area contributed by atoms with Crippen LogP contribution in [0.3, 0.4) is 0 Å². The molecule has 0 unspecified atom stereocenters. The van der Waals surface area contributed by atoms with E-state index < -0.39 is 33.8 Å². The molecule has 0 fully saturated rings. The minimum atomic E-state index is -2.42. The Morgan fingerprint density at radius 1 is 0.931 bits per heavy atom. The lowest BCUT2D eigenvalue weighted by Gasteiger charge is -2.41. The summed E-state index contributed by atoms with van der Waals surface area (Å²) < 4.78 is 24.8. The number of hydrogen-bond acceptors (Lipinski definition) is 5. The third-order valence-electron chi connectivity index (χ3n) is 3.63. The molecule has 1 aromatic heterocycles. The number of urea groups is 1. The molecule has 168 valence electrons. The fraction of sp³-hybridized carbons (Fsp3) is 0.722. The molecule has 11 heteroatoms. The summed E-state index contributed by atoms with van der Waals surface area (Å²) >= 11 is 0. The Balaban J connectivity index is 2.55. The molecule has 0 aromatic carbocycles. The van der Waals surface area contributed by atoms with Crippen molar-refractivity contribution in [1.29, 1.82) is 0 Å². The Bertz CT molecular complexity index is 629. The van der Waals surface area contributed by atoms with Crippen LogP contribution in [0.5, 0.6) is 0 Å². The number of furan rings is 1. The van der Waals surface area contributed by atoms with Crippen LogP contribution in [0, 0.1) is 0 Å². The second-order valence-electron chi connectivity index (χ2n) is 9.86. The van der Waals surface area contributed by atoms with Gasteiger partial charge in [-0.05, 0) is 83.5 Å². The molecule has 0 saturated carbocycles. The van der Waals surface area contributed by atoms with Gasteiger partial charge in [0.2, 0.25) is 0 Å². The lowest BCUT2D eigenvalue weighted by atomic mass is 10.4. The predicted molar refractivity (Wildman–Crippen MR) is 127 cm³/mol. The van der Waals surface area contributed by atoms with E-state index in [1.165, 1.54) is 0 Å². The number of carbonyl (C=O) groups is 1. The maximum Gasteiger partial charge on any atom is 0.315 e. The molecule has 7 nitrogen and oxygen atoms in total. The minimum Gasteiger partial charge on any atom is -0.467 e. The lowest BCUT2D eigenvalue weighted by molar-refractivity contribution is 0.239.